The molecule has 0 saturated carbocycles. The van der Waals surface area contributed by atoms with E-state index >= 15 is 0 Å². The number of carbonyl (C=O) groups is 3. The lowest BCUT2D eigenvalue weighted by molar-refractivity contribution is -0.142. The summed E-state index contributed by atoms with van der Waals surface area (Å²) >= 11 is 0. The standard InChI is InChI=1S/C25H20N6O4/c1-16-22(17(2)30(29-16)19-9-5-3-6-10-19)23(33)25(34)35-15-21(32)28-24-18(13-26)14-27-31(24)20-11-7-4-8-12-20/h3-12,14H,15H2,1-2H3,(H,28,32). The number of hydrogen-bond donors (Lipinski definition) is 1. The van der Waals surface area contributed by atoms with Crippen LogP contribution in [-0.4, -0.2) is 43.8 Å². The van der Waals surface area contributed by atoms with E-state index in [0.29, 0.717) is 17.1 Å². The minimum atomic E-state index is -1.18. The van der Waals surface area contributed by atoms with Crippen LogP contribution in [0.1, 0.15) is 27.3 Å². The number of esters is 1. The minimum absolute atomic E-state index is 0.119. The highest BCUT2D eigenvalue weighted by molar-refractivity contribution is 6.41. The monoisotopic (exact) mass is 468 g/mol. The van der Waals surface area contributed by atoms with E-state index in [-0.39, 0.29) is 16.9 Å². The summed E-state index contributed by atoms with van der Waals surface area (Å²) in [6, 6.07) is 20.0. The predicted octanol–water partition coefficient (Wildman–Crippen LogP) is 2.91. The van der Waals surface area contributed by atoms with Crippen LogP contribution in [0, 0.1) is 25.2 Å². The molecule has 0 fully saturated rings. The van der Waals surface area contributed by atoms with E-state index in [1.807, 2.05) is 42.5 Å². The number of carbonyl (C=O) groups excluding carboxylic acids is 3. The Morgan fingerprint density at radius 2 is 1.57 bits per heavy atom. The smallest absolute Gasteiger partial charge is 0.380 e. The lowest BCUT2D eigenvalue weighted by Gasteiger charge is -2.10. The molecule has 1 amide bonds. The second kappa shape index (κ2) is 9.84. The number of anilines is 1. The third kappa shape index (κ3) is 4.69. The molecular formula is C25H20N6O4. The molecule has 0 aliphatic heterocycles. The molecule has 0 aliphatic carbocycles. The van der Waals surface area contributed by atoms with E-state index in [2.05, 4.69) is 15.5 Å². The number of nitrogens with zero attached hydrogens (tertiary/aromatic N) is 5. The highest BCUT2D eigenvalue weighted by Crippen LogP contribution is 2.20. The lowest BCUT2D eigenvalue weighted by atomic mass is 10.1. The summed E-state index contributed by atoms with van der Waals surface area (Å²) < 4.78 is 7.91. The zero-order valence-corrected chi connectivity index (χ0v) is 18.9. The maximum absolute atomic E-state index is 12.8. The molecule has 10 nitrogen and oxygen atoms in total. The molecule has 0 bridgehead atoms. The van der Waals surface area contributed by atoms with Gasteiger partial charge in [0.15, 0.2) is 12.4 Å². The molecule has 2 aromatic heterocycles. The molecule has 1 N–H and O–H groups in total. The molecule has 0 aliphatic rings. The van der Waals surface area contributed by atoms with E-state index in [4.69, 9.17) is 4.74 Å². The number of Topliss-reactive ketones (excluding diaryl/α,β-unsaturated/α-hetero) is 1. The number of ether oxygens (including phenoxy) is 1. The van der Waals surface area contributed by atoms with Crippen LogP contribution in [0.15, 0.2) is 66.9 Å². The van der Waals surface area contributed by atoms with Crippen molar-refractivity contribution in [3.05, 3.63) is 89.4 Å². The number of para-hydroxylation sites is 2. The van der Waals surface area contributed by atoms with Gasteiger partial charge in [0.25, 0.3) is 11.7 Å². The van der Waals surface area contributed by atoms with Gasteiger partial charge < -0.3 is 10.1 Å². The van der Waals surface area contributed by atoms with Gasteiger partial charge in [-0.2, -0.15) is 15.5 Å². The first-order valence-corrected chi connectivity index (χ1v) is 10.6. The van der Waals surface area contributed by atoms with Crippen molar-refractivity contribution in [2.24, 2.45) is 0 Å². The Balaban J connectivity index is 1.45. The van der Waals surface area contributed by atoms with Crippen molar-refractivity contribution in [3.63, 3.8) is 0 Å². The Morgan fingerprint density at radius 1 is 0.971 bits per heavy atom. The van der Waals surface area contributed by atoms with Crippen molar-refractivity contribution in [1.82, 2.24) is 19.6 Å². The maximum Gasteiger partial charge on any atom is 0.380 e. The summed E-state index contributed by atoms with van der Waals surface area (Å²) in [7, 11) is 0. The molecule has 0 radical (unpaired) electrons. The van der Waals surface area contributed by atoms with Crippen LogP contribution in [0.4, 0.5) is 5.82 Å². The van der Waals surface area contributed by atoms with Gasteiger partial charge in [0.2, 0.25) is 0 Å². The summed E-state index contributed by atoms with van der Waals surface area (Å²) in [6.07, 6.45) is 1.31. The number of ketones is 1. The SMILES string of the molecule is Cc1nn(-c2ccccc2)c(C)c1C(=O)C(=O)OCC(=O)Nc1c(C#N)cnn1-c1ccccc1. The number of hydrogen-bond acceptors (Lipinski definition) is 7. The van der Waals surface area contributed by atoms with Gasteiger partial charge in [0.05, 0.1) is 34.5 Å². The molecule has 0 atom stereocenters. The van der Waals surface area contributed by atoms with Crippen molar-refractivity contribution >= 4 is 23.5 Å². The molecule has 0 saturated heterocycles. The van der Waals surface area contributed by atoms with Gasteiger partial charge in [-0.25, -0.2) is 14.2 Å². The maximum atomic E-state index is 12.8. The first-order valence-electron chi connectivity index (χ1n) is 10.6. The predicted molar refractivity (Wildman–Crippen MR) is 125 cm³/mol. The fourth-order valence-electron chi connectivity index (χ4n) is 3.57. The van der Waals surface area contributed by atoms with Crippen molar-refractivity contribution < 1.29 is 19.1 Å². The largest absolute Gasteiger partial charge is 0.450 e. The second-order valence-corrected chi connectivity index (χ2v) is 7.51. The Bertz CT molecular complexity index is 1450. The van der Waals surface area contributed by atoms with E-state index < -0.39 is 24.3 Å². The summed E-state index contributed by atoms with van der Waals surface area (Å²) in [4.78, 5) is 37.7. The number of aromatic nitrogens is 4. The number of rotatable bonds is 7. The Kier molecular flexibility index (Phi) is 6.50. The van der Waals surface area contributed by atoms with Crippen molar-refractivity contribution in [2.75, 3.05) is 11.9 Å². The number of nitrogens with one attached hydrogen (secondary N) is 1. The van der Waals surface area contributed by atoms with Crippen LogP contribution in [0.25, 0.3) is 11.4 Å². The molecule has 2 heterocycles. The highest BCUT2D eigenvalue weighted by Gasteiger charge is 2.27. The van der Waals surface area contributed by atoms with Crippen LogP contribution in [-0.2, 0) is 14.3 Å². The van der Waals surface area contributed by atoms with Crippen LogP contribution >= 0.6 is 0 Å². The van der Waals surface area contributed by atoms with E-state index in [1.165, 1.54) is 10.9 Å². The average molecular weight is 468 g/mol. The third-order valence-electron chi connectivity index (χ3n) is 5.19. The van der Waals surface area contributed by atoms with Gasteiger partial charge >= 0.3 is 5.97 Å². The molecule has 2 aromatic carbocycles. The van der Waals surface area contributed by atoms with E-state index in [9.17, 15) is 19.6 Å². The normalized spacial score (nSPS) is 10.4. The lowest BCUT2D eigenvalue weighted by Crippen LogP contribution is -2.26. The molecule has 0 unspecified atom stereocenters. The number of aryl methyl sites for hydroxylation is 1. The highest BCUT2D eigenvalue weighted by atomic mass is 16.5. The molecule has 4 rings (SSSR count). The van der Waals surface area contributed by atoms with Gasteiger partial charge in [-0.05, 0) is 38.1 Å². The summed E-state index contributed by atoms with van der Waals surface area (Å²) in [5.41, 5.74) is 2.45. The van der Waals surface area contributed by atoms with Gasteiger partial charge in [0.1, 0.15) is 11.6 Å². The molecular weight excluding hydrogens is 448 g/mol. The molecule has 35 heavy (non-hydrogen) atoms. The molecule has 0 spiro atoms. The summed E-state index contributed by atoms with van der Waals surface area (Å²) in [5.74, 6) is -2.69. The Morgan fingerprint density at radius 3 is 2.17 bits per heavy atom. The number of amides is 1. The van der Waals surface area contributed by atoms with Crippen molar-refractivity contribution in [3.8, 4) is 17.4 Å². The van der Waals surface area contributed by atoms with Crippen LogP contribution in [0.3, 0.4) is 0 Å². The summed E-state index contributed by atoms with van der Waals surface area (Å²) in [5, 5.41) is 20.4. The molecule has 174 valence electrons. The average Bonchev–Trinajstić information content (AvgIpc) is 3.42. The van der Waals surface area contributed by atoms with Crippen molar-refractivity contribution in [1.29, 1.82) is 5.26 Å². The van der Waals surface area contributed by atoms with E-state index in [0.717, 1.165) is 5.69 Å². The Hall–Kier alpha value is -5.04. The van der Waals surface area contributed by atoms with E-state index in [1.54, 1.807) is 42.8 Å². The quantitative estimate of drug-likeness (QED) is 0.251. The number of benzene rings is 2. The number of nitriles is 1. The fourth-order valence-corrected chi connectivity index (χ4v) is 3.57. The van der Waals surface area contributed by atoms with Crippen LogP contribution in [0.2, 0.25) is 0 Å². The Labute approximate surface area is 200 Å². The van der Waals surface area contributed by atoms with Gasteiger partial charge in [-0.3, -0.25) is 9.59 Å². The van der Waals surface area contributed by atoms with Gasteiger partial charge in [-0.1, -0.05) is 36.4 Å². The zero-order chi connectivity index (χ0) is 24.9. The third-order valence-corrected chi connectivity index (χ3v) is 5.19. The fraction of sp³-hybridized carbons (Fsp3) is 0.120. The van der Waals surface area contributed by atoms with Gasteiger partial charge in [0, 0.05) is 0 Å². The first kappa shape index (κ1) is 23.1. The summed E-state index contributed by atoms with van der Waals surface area (Å²) in [6.45, 7) is 2.57. The van der Waals surface area contributed by atoms with Crippen molar-refractivity contribution in [2.45, 2.75) is 13.8 Å². The van der Waals surface area contributed by atoms with Crippen LogP contribution in [0.5, 0.6) is 0 Å². The first-order chi connectivity index (χ1) is 16.9. The molecule has 10 heteroatoms. The van der Waals surface area contributed by atoms with Gasteiger partial charge in [-0.15, -0.1) is 0 Å². The molecule has 4 aromatic rings. The topological polar surface area (TPSA) is 132 Å². The van der Waals surface area contributed by atoms with Crippen LogP contribution < -0.4 is 5.32 Å². The minimum Gasteiger partial charge on any atom is -0.450 e. The second-order valence-electron chi connectivity index (χ2n) is 7.51. The zero-order valence-electron chi connectivity index (χ0n) is 18.9.